The molecule has 1 saturated carbocycles. The number of aromatic nitrogens is 3. The molecule has 0 saturated heterocycles. The Morgan fingerprint density at radius 2 is 1.81 bits per heavy atom. The highest BCUT2D eigenvalue weighted by Gasteiger charge is 2.27. The van der Waals surface area contributed by atoms with Gasteiger partial charge in [-0.05, 0) is 50.1 Å². The second-order valence-corrected chi connectivity index (χ2v) is 10.8. The first-order valence-electron chi connectivity index (χ1n) is 10.3. The molecular formula is C23H22BrCl2N3OS. The van der Waals surface area contributed by atoms with Gasteiger partial charge in [-0.15, -0.1) is 10.2 Å². The van der Waals surface area contributed by atoms with Crippen molar-refractivity contribution in [2.75, 3.05) is 0 Å². The van der Waals surface area contributed by atoms with Crippen molar-refractivity contribution < 1.29 is 4.79 Å². The Balaban J connectivity index is 1.67. The van der Waals surface area contributed by atoms with Crippen LogP contribution in [-0.4, -0.2) is 25.8 Å². The third-order valence-corrected chi connectivity index (χ3v) is 7.69. The van der Waals surface area contributed by atoms with Crippen LogP contribution in [0, 0.1) is 0 Å². The van der Waals surface area contributed by atoms with Crippen LogP contribution in [0.25, 0.3) is 11.4 Å². The maximum absolute atomic E-state index is 13.0. The zero-order valence-electron chi connectivity index (χ0n) is 17.0. The molecule has 31 heavy (non-hydrogen) atoms. The van der Waals surface area contributed by atoms with Crippen LogP contribution in [0.1, 0.15) is 55.4 Å². The molecule has 1 fully saturated rings. The van der Waals surface area contributed by atoms with Crippen molar-refractivity contribution in [3.05, 3.63) is 62.5 Å². The fourth-order valence-corrected chi connectivity index (χ4v) is 5.69. The Kier molecular flexibility index (Phi) is 7.42. The molecule has 4 nitrogen and oxygen atoms in total. The molecule has 1 aliphatic carbocycles. The van der Waals surface area contributed by atoms with Crippen LogP contribution in [0.4, 0.5) is 0 Å². The summed E-state index contributed by atoms with van der Waals surface area (Å²) >= 11 is 17.5. The molecule has 0 spiro atoms. The standard InChI is InChI=1S/C23H22BrCl2N3OS/c1-14(21(30)15-7-9-16(24)10-8-15)31-23-28-27-22(19-12-11-17(25)13-20(19)26)29(23)18-5-3-2-4-6-18/h7-14,18H,2-6H2,1H3. The maximum atomic E-state index is 13.0. The monoisotopic (exact) mass is 537 g/mol. The van der Waals surface area contributed by atoms with Crippen LogP contribution >= 0.6 is 50.9 Å². The van der Waals surface area contributed by atoms with Gasteiger partial charge < -0.3 is 0 Å². The van der Waals surface area contributed by atoms with Gasteiger partial charge in [0.1, 0.15) is 0 Å². The van der Waals surface area contributed by atoms with Crippen LogP contribution in [0.15, 0.2) is 52.1 Å². The number of carbonyl (C=O) groups is 1. The summed E-state index contributed by atoms with van der Waals surface area (Å²) in [5.41, 5.74) is 1.50. The second kappa shape index (κ2) is 10.1. The van der Waals surface area contributed by atoms with E-state index in [4.69, 9.17) is 23.2 Å². The quantitative estimate of drug-likeness (QED) is 0.236. The van der Waals surface area contributed by atoms with Gasteiger partial charge in [0, 0.05) is 26.7 Å². The number of hydrogen-bond acceptors (Lipinski definition) is 4. The molecule has 1 heterocycles. The van der Waals surface area contributed by atoms with E-state index in [0.717, 1.165) is 33.9 Å². The van der Waals surface area contributed by atoms with Crippen molar-refractivity contribution >= 4 is 56.7 Å². The van der Waals surface area contributed by atoms with Crippen molar-refractivity contribution in [1.29, 1.82) is 0 Å². The van der Waals surface area contributed by atoms with E-state index in [1.54, 1.807) is 6.07 Å². The number of thioether (sulfide) groups is 1. The number of hydrogen-bond donors (Lipinski definition) is 0. The Morgan fingerprint density at radius 1 is 1.10 bits per heavy atom. The average Bonchev–Trinajstić information content (AvgIpc) is 3.17. The highest BCUT2D eigenvalue weighted by Crippen LogP contribution is 2.39. The van der Waals surface area contributed by atoms with Crippen LogP contribution < -0.4 is 0 Å². The molecule has 0 aliphatic heterocycles. The van der Waals surface area contributed by atoms with Gasteiger partial charge in [0.15, 0.2) is 16.8 Å². The second-order valence-electron chi connectivity index (χ2n) is 7.72. The van der Waals surface area contributed by atoms with Crippen molar-refractivity contribution in [2.24, 2.45) is 0 Å². The summed E-state index contributed by atoms with van der Waals surface area (Å²) in [6.07, 6.45) is 5.73. The molecule has 1 unspecified atom stereocenters. The van der Waals surface area contributed by atoms with Crippen molar-refractivity contribution in [2.45, 2.75) is 55.5 Å². The third-order valence-electron chi connectivity index (χ3n) is 5.56. The summed E-state index contributed by atoms with van der Waals surface area (Å²) in [4.78, 5) is 13.0. The number of Topliss-reactive ketones (excluding diaryl/α,β-unsaturated/α-hetero) is 1. The lowest BCUT2D eigenvalue weighted by Crippen LogP contribution is -2.18. The molecule has 1 aliphatic rings. The fraction of sp³-hybridized carbons (Fsp3) is 0.348. The molecule has 4 rings (SSSR count). The Morgan fingerprint density at radius 3 is 2.48 bits per heavy atom. The van der Waals surface area contributed by atoms with E-state index in [0.29, 0.717) is 21.7 Å². The highest BCUT2D eigenvalue weighted by atomic mass is 79.9. The predicted octanol–water partition coefficient (Wildman–Crippen LogP) is 7.88. The molecule has 162 valence electrons. The minimum atomic E-state index is -0.291. The smallest absolute Gasteiger partial charge is 0.192 e. The van der Waals surface area contributed by atoms with Gasteiger partial charge >= 0.3 is 0 Å². The normalized spacial score (nSPS) is 15.7. The Labute approximate surface area is 204 Å². The Hall–Kier alpha value is -1.34. The van der Waals surface area contributed by atoms with Crippen molar-refractivity contribution in [1.82, 2.24) is 14.8 Å². The van der Waals surface area contributed by atoms with E-state index < -0.39 is 0 Å². The molecule has 8 heteroatoms. The topological polar surface area (TPSA) is 47.8 Å². The van der Waals surface area contributed by atoms with Gasteiger partial charge in [0.2, 0.25) is 0 Å². The van der Waals surface area contributed by atoms with Crippen LogP contribution in [0.2, 0.25) is 10.0 Å². The third kappa shape index (κ3) is 5.19. The molecular weight excluding hydrogens is 517 g/mol. The van der Waals surface area contributed by atoms with E-state index >= 15 is 0 Å². The fourth-order valence-electron chi connectivity index (χ4n) is 3.94. The first-order chi connectivity index (χ1) is 14.9. The molecule has 1 aromatic heterocycles. The van der Waals surface area contributed by atoms with E-state index in [-0.39, 0.29) is 11.0 Å². The lowest BCUT2D eigenvalue weighted by Gasteiger charge is -2.26. The summed E-state index contributed by atoms with van der Waals surface area (Å²) in [5.74, 6) is 0.807. The van der Waals surface area contributed by atoms with E-state index in [2.05, 4.69) is 30.7 Å². The van der Waals surface area contributed by atoms with Gasteiger partial charge in [0.25, 0.3) is 0 Å². The zero-order chi connectivity index (χ0) is 22.0. The lowest BCUT2D eigenvalue weighted by molar-refractivity contribution is 0.0993. The number of rotatable bonds is 6. The maximum Gasteiger partial charge on any atom is 0.192 e. The van der Waals surface area contributed by atoms with Crippen LogP contribution in [0.3, 0.4) is 0 Å². The predicted molar refractivity (Wildman–Crippen MR) is 131 cm³/mol. The first-order valence-corrected chi connectivity index (χ1v) is 12.7. The van der Waals surface area contributed by atoms with Gasteiger partial charge in [-0.2, -0.15) is 0 Å². The first kappa shape index (κ1) is 22.8. The highest BCUT2D eigenvalue weighted by molar-refractivity contribution is 9.10. The van der Waals surface area contributed by atoms with E-state index in [9.17, 15) is 4.79 Å². The van der Waals surface area contributed by atoms with Gasteiger partial charge in [-0.3, -0.25) is 9.36 Å². The van der Waals surface area contributed by atoms with Crippen LogP contribution in [-0.2, 0) is 0 Å². The largest absolute Gasteiger partial charge is 0.299 e. The molecule has 1 atom stereocenters. The van der Waals surface area contributed by atoms with Crippen LogP contribution in [0.5, 0.6) is 0 Å². The summed E-state index contributed by atoms with van der Waals surface area (Å²) < 4.78 is 3.13. The molecule has 0 bridgehead atoms. The molecule has 0 N–H and O–H groups in total. The lowest BCUT2D eigenvalue weighted by atomic mass is 9.95. The van der Waals surface area contributed by atoms with E-state index in [1.807, 2.05) is 43.3 Å². The van der Waals surface area contributed by atoms with Gasteiger partial charge in [-0.25, -0.2) is 0 Å². The van der Waals surface area contributed by atoms with E-state index in [1.165, 1.54) is 31.0 Å². The summed E-state index contributed by atoms with van der Waals surface area (Å²) in [5, 5.41) is 10.6. The van der Waals surface area contributed by atoms with Crippen molar-refractivity contribution in [3.8, 4) is 11.4 Å². The van der Waals surface area contributed by atoms with Gasteiger partial charge in [0.05, 0.1) is 10.3 Å². The minimum Gasteiger partial charge on any atom is -0.299 e. The molecule has 3 aromatic rings. The number of halogens is 3. The summed E-state index contributed by atoms with van der Waals surface area (Å²) in [6.45, 7) is 1.92. The molecule has 0 radical (unpaired) electrons. The summed E-state index contributed by atoms with van der Waals surface area (Å²) in [6, 6.07) is 13.2. The van der Waals surface area contributed by atoms with Gasteiger partial charge in [-0.1, -0.05) is 82.3 Å². The van der Waals surface area contributed by atoms with Crippen molar-refractivity contribution in [3.63, 3.8) is 0 Å². The number of nitrogens with zero attached hydrogens (tertiary/aromatic N) is 3. The molecule has 0 amide bonds. The number of carbonyl (C=O) groups excluding carboxylic acids is 1. The number of ketones is 1. The number of benzene rings is 2. The average molecular weight is 539 g/mol. The molecule has 2 aromatic carbocycles. The zero-order valence-corrected chi connectivity index (χ0v) is 20.9. The minimum absolute atomic E-state index is 0.0711. The Bertz CT molecular complexity index is 1080. The summed E-state index contributed by atoms with van der Waals surface area (Å²) in [7, 11) is 0. The SMILES string of the molecule is CC(Sc1nnc(-c2ccc(Cl)cc2Cl)n1C1CCCCC1)C(=O)c1ccc(Br)cc1.